The maximum Gasteiger partial charge on any atom is 0.315 e. The van der Waals surface area contributed by atoms with E-state index in [9.17, 15) is 9.90 Å². The summed E-state index contributed by atoms with van der Waals surface area (Å²) in [5.41, 5.74) is 0.0591. The molecule has 0 amide bonds. The summed E-state index contributed by atoms with van der Waals surface area (Å²) in [6.07, 6.45) is 4.96. The summed E-state index contributed by atoms with van der Waals surface area (Å²) in [5, 5.41) is 9.75. The molecule has 20 heavy (non-hydrogen) atoms. The van der Waals surface area contributed by atoms with Gasteiger partial charge in [-0.05, 0) is 31.9 Å². The highest BCUT2D eigenvalue weighted by molar-refractivity contribution is 5.81. The number of hydrogen-bond donors (Lipinski definition) is 1. The Hall–Kier alpha value is -1.35. The van der Waals surface area contributed by atoms with Crippen LogP contribution in [0.1, 0.15) is 45.1 Å². The summed E-state index contributed by atoms with van der Waals surface area (Å²) >= 11 is 0. The van der Waals surface area contributed by atoms with Gasteiger partial charge in [-0.25, -0.2) is 0 Å². The zero-order chi connectivity index (χ0) is 14.6. The molecular formula is C17H25NO2. The molecule has 1 saturated carbocycles. The Kier molecular flexibility index (Phi) is 4.81. The number of rotatable bonds is 6. The first kappa shape index (κ1) is 15.0. The molecule has 1 atom stereocenters. The van der Waals surface area contributed by atoms with Crippen LogP contribution in [-0.2, 0) is 10.2 Å². The van der Waals surface area contributed by atoms with Crippen LogP contribution in [0.5, 0.6) is 0 Å². The normalized spacial score (nSPS) is 19.1. The van der Waals surface area contributed by atoms with Gasteiger partial charge in [0.1, 0.15) is 5.41 Å². The van der Waals surface area contributed by atoms with Crippen molar-refractivity contribution in [2.45, 2.75) is 51.0 Å². The quantitative estimate of drug-likeness (QED) is 0.866. The van der Waals surface area contributed by atoms with Gasteiger partial charge in [0.15, 0.2) is 0 Å². The van der Waals surface area contributed by atoms with Crippen LogP contribution in [0.2, 0.25) is 0 Å². The molecule has 1 aliphatic carbocycles. The third-order valence-corrected chi connectivity index (χ3v) is 4.65. The smallest absolute Gasteiger partial charge is 0.315 e. The van der Waals surface area contributed by atoms with E-state index in [2.05, 4.69) is 11.8 Å². The van der Waals surface area contributed by atoms with Crippen LogP contribution in [0, 0.1) is 0 Å². The Bertz CT molecular complexity index is 440. The fourth-order valence-corrected chi connectivity index (χ4v) is 3.26. The molecule has 1 aliphatic rings. The molecule has 0 aromatic heterocycles. The van der Waals surface area contributed by atoms with E-state index in [1.54, 1.807) is 0 Å². The first-order valence-corrected chi connectivity index (χ1v) is 7.61. The summed E-state index contributed by atoms with van der Waals surface area (Å²) in [5.74, 6) is -0.736. The molecular weight excluding hydrogens is 250 g/mol. The van der Waals surface area contributed by atoms with Gasteiger partial charge in [-0.2, -0.15) is 0 Å². The highest BCUT2D eigenvalue weighted by Crippen LogP contribution is 2.30. The maximum atomic E-state index is 11.9. The van der Waals surface area contributed by atoms with E-state index in [-0.39, 0.29) is 0 Å². The van der Waals surface area contributed by atoms with Crippen molar-refractivity contribution in [3.63, 3.8) is 0 Å². The van der Waals surface area contributed by atoms with Crippen LogP contribution in [0.25, 0.3) is 0 Å². The Morgan fingerprint density at radius 2 is 1.90 bits per heavy atom. The van der Waals surface area contributed by atoms with Gasteiger partial charge in [0, 0.05) is 12.6 Å². The van der Waals surface area contributed by atoms with Gasteiger partial charge in [-0.1, -0.05) is 50.1 Å². The molecule has 0 spiro atoms. The fraction of sp³-hybridized carbons (Fsp3) is 0.588. The average molecular weight is 275 g/mol. The lowest BCUT2D eigenvalue weighted by molar-refractivity contribution is -0.144. The second kappa shape index (κ2) is 6.40. The molecule has 0 heterocycles. The van der Waals surface area contributed by atoms with Crippen LogP contribution < -0.4 is 0 Å². The van der Waals surface area contributed by atoms with E-state index in [1.165, 1.54) is 25.7 Å². The second-order valence-corrected chi connectivity index (χ2v) is 6.00. The fourth-order valence-electron chi connectivity index (χ4n) is 3.26. The molecule has 3 nitrogen and oxygen atoms in total. The Morgan fingerprint density at radius 3 is 2.40 bits per heavy atom. The topological polar surface area (TPSA) is 40.5 Å². The number of nitrogens with zero attached hydrogens (tertiary/aromatic N) is 1. The minimum absolute atomic E-state index is 0.558. The summed E-state index contributed by atoms with van der Waals surface area (Å²) in [4.78, 5) is 14.2. The van der Waals surface area contributed by atoms with E-state index in [1.807, 2.05) is 37.3 Å². The molecule has 1 N–H and O–H groups in total. The Balaban J connectivity index is 2.22. The summed E-state index contributed by atoms with van der Waals surface area (Å²) in [6, 6.07) is 10.2. The van der Waals surface area contributed by atoms with Gasteiger partial charge >= 0.3 is 5.97 Å². The standard InChI is InChI=1S/C17H25NO2/c1-3-18(15-11-7-8-12-15)13-17(2,16(19)20)14-9-5-4-6-10-14/h4-6,9-10,15H,3,7-8,11-13H2,1-2H3,(H,19,20). The van der Waals surface area contributed by atoms with Crippen LogP contribution in [0.4, 0.5) is 0 Å². The predicted molar refractivity (Wildman–Crippen MR) is 80.9 cm³/mol. The number of likely N-dealkylation sites (N-methyl/N-ethyl adjacent to an activating group) is 1. The molecule has 0 radical (unpaired) electrons. The molecule has 1 fully saturated rings. The third-order valence-electron chi connectivity index (χ3n) is 4.65. The summed E-state index contributed by atoms with van der Waals surface area (Å²) in [6.45, 7) is 5.49. The van der Waals surface area contributed by atoms with Crippen molar-refractivity contribution in [3.05, 3.63) is 35.9 Å². The van der Waals surface area contributed by atoms with E-state index in [4.69, 9.17) is 0 Å². The summed E-state index contributed by atoms with van der Waals surface area (Å²) in [7, 11) is 0. The van der Waals surface area contributed by atoms with Crippen LogP contribution in [-0.4, -0.2) is 35.1 Å². The minimum atomic E-state index is -0.833. The molecule has 1 unspecified atom stereocenters. The summed E-state index contributed by atoms with van der Waals surface area (Å²) < 4.78 is 0. The molecule has 3 heteroatoms. The largest absolute Gasteiger partial charge is 0.481 e. The zero-order valence-corrected chi connectivity index (χ0v) is 12.5. The van der Waals surface area contributed by atoms with Crippen molar-refractivity contribution < 1.29 is 9.90 Å². The van der Waals surface area contributed by atoms with Crippen molar-refractivity contribution >= 4 is 5.97 Å². The molecule has 0 aliphatic heterocycles. The van der Waals surface area contributed by atoms with Crippen LogP contribution >= 0.6 is 0 Å². The molecule has 0 bridgehead atoms. The number of carboxylic acids is 1. The van der Waals surface area contributed by atoms with Crippen molar-refractivity contribution in [1.82, 2.24) is 4.90 Å². The first-order valence-electron chi connectivity index (χ1n) is 7.61. The van der Waals surface area contributed by atoms with E-state index in [0.29, 0.717) is 12.6 Å². The highest BCUT2D eigenvalue weighted by atomic mass is 16.4. The molecule has 0 saturated heterocycles. The first-order chi connectivity index (χ1) is 9.58. The van der Waals surface area contributed by atoms with E-state index in [0.717, 1.165) is 12.1 Å². The van der Waals surface area contributed by atoms with Crippen molar-refractivity contribution in [2.75, 3.05) is 13.1 Å². The number of carboxylic acid groups (broad SMARTS) is 1. The average Bonchev–Trinajstić information content (AvgIpc) is 2.99. The number of hydrogen-bond acceptors (Lipinski definition) is 2. The molecule has 2 rings (SSSR count). The molecule has 1 aromatic rings. The maximum absolute atomic E-state index is 11.9. The van der Waals surface area contributed by atoms with Crippen molar-refractivity contribution in [1.29, 1.82) is 0 Å². The van der Waals surface area contributed by atoms with Gasteiger partial charge in [-0.3, -0.25) is 9.69 Å². The number of carbonyl (C=O) groups is 1. The third kappa shape index (κ3) is 3.04. The predicted octanol–water partition coefficient (Wildman–Crippen LogP) is 3.29. The molecule has 1 aromatic carbocycles. The minimum Gasteiger partial charge on any atom is -0.481 e. The van der Waals surface area contributed by atoms with E-state index < -0.39 is 11.4 Å². The van der Waals surface area contributed by atoms with Gasteiger partial charge in [0.25, 0.3) is 0 Å². The van der Waals surface area contributed by atoms with Gasteiger partial charge in [0.2, 0.25) is 0 Å². The number of aliphatic carboxylic acids is 1. The Labute approximate surface area is 121 Å². The highest BCUT2D eigenvalue weighted by Gasteiger charge is 2.38. The van der Waals surface area contributed by atoms with Crippen LogP contribution in [0.15, 0.2) is 30.3 Å². The van der Waals surface area contributed by atoms with E-state index >= 15 is 0 Å². The lowest BCUT2D eigenvalue weighted by atomic mass is 9.81. The molecule has 110 valence electrons. The van der Waals surface area contributed by atoms with Gasteiger partial charge in [0.05, 0.1) is 0 Å². The SMILES string of the molecule is CCN(CC(C)(C(=O)O)c1ccccc1)C1CCCC1. The second-order valence-electron chi connectivity index (χ2n) is 6.00. The van der Waals surface area contributed by atoms with Gasteiger partial charge in [-0.15, -0.1) is 0 Å². The van der Waals surface area contributed by atoms with Gasteiger partial charge < -0.3 is 5.11 Å². The lowest BCUT2D eigenvalue weighted by Gasteiger charge is -2.35. The number of benzene rings is 1. The van der Waals surface area contributed by atoms with Crippen molar-refractivity contribution in [2.24, 2.45) is 0 Å². The monoisotopic (exact) mass is 275 g/mol. The lowest BCUT2D eigenvalue weighted by Crippen LogP contribution is -2.47. The van der Waals surface area contributed by atoms with Crippen LogP contribution in [0.3, 0.4) is 0 Å². The Morgan fingerprint density at radius 1 is 1.30 bits per heavy atom. The zero-order valence-electron chi connectivity index (χ0n) is 12.5. The van der Waals surface area contributed by atoms with Crippen molar-refractivity contribution in [3.8, 4) is 0 Å².